The third kappa shape index (κ3) is 2.05. The molecule has 0 aliphatic rings. The summed E-state index contributed by atoms with van der Waals surface area (Å²) < 4.78 is 1.24. The van der Waals surface area contributed by atoms with E-state index in [1.807, 2.05) is 18.3 Å². The second-order valence-corrected chi connectivity index (χ2v) is 5.14. The molecular formula is C15H10IN. The number of rotatable bonds is 1. The van der Waals surface area contributed by atoms with E-state index in [0.717, 1.165) is 5.52 Å². The molecule has 0 saturated heterocycles. The van der Waals surface area contributed by atoms with Gasteiger partial charge in [-0.1, -0.05) is 36.4 Å². The fourth-order valence-electron chi connectivity index (χ4n) is 1.99. The number of pyridine rings is 1. The Kier molecular flexibility index (Phi) is 2.81. The first-order valence-corrected chi connectivity index (χ1v) is 6.52. The topological polar surface area (TPSA) is 12.9 Å². The Balaban J connectivity index is 2.36. The van der Waals surface area contributed by atoms with E-state index in [-0.39, 0.29) is 0 Å². The largest absolute Gasteiger partial charge is 0.256 e. The number of halogens is 1. The zero-order valence-electron chi connectivity index (χ0n) is 9.10. The molecule has 0 radical (unpaired) electrons. The van der Waals surface area contributed by atoms with Gasteiger partial charge in [-0.15, -0.1) is 0 Å². The SMILES string of the molecule is Ic1cc(-c2ccccc2)c2ncccc2c1. The fourth-order valence-corrected chi connectivity index (χ4v) is 2.64. The smallest absolute Gasteiger partial charge is 0.0781 e. The predicted octanol–water partition coefficient (Wildman–Crippen LogP) is 4.51. The maximum absolute atomic E-state index is 4.50. The Morgan fingerprint density at radius 1 is 0.882 bits per heavy atom. The molecule has 17 heavy (non-hydrogen) atoms. The fraction of sp³-hybridized carbons (Fsp3) is 0. The number of hydrogen-bond donors (Lipinski definition) is 0. The second kappa shape index (κ2) is 4.45. The van der Waals surface area contributed by atoms with Gasteiger partial charge in [-0.25, -0.2) is 0 Å². The van der Waals surface area contributed by atoms with Gasteiger partial charge in [0.2, 0.25) is 0 Å². The molecule has 0 spiro atoms. The van der Waals surface area contributed by atoms with Crippen molar-refractivity contribution in [2.75, 3.05) is 0 Å². The second-order valence-electron chi connectivity index (χ2n) is 3.89. The van der Waals surface area contributed by atoms with Crippen LogP contribution in [0.15, 0.2) is 60.8 Å². The molecule has 0 aliphatic heterocycles. The van der Waals surface area contributed by atoms with E-state index in [0.29, 0.717) is 0 Å². The van der Waals surface area contributed by atoms with Crippen LogP contribution >= 0.6 is 22.6 Å². The number of fused-ring (bicyclic) bond motifs is 1. The lowest BCUT2D eigenvalue weighted by Gasteiger charge is -2.06. The highest BCUT2D eigenvalue weighted by Crippen LogP contribution is 2.28. The normalized spacial score (nSPS) is 10.6. The molecule has 0 saturated carbocycles. The average Bonchev–Trinajstić information content (AvgIpc) is 2.39. The van der Waals surface area contributed by atoms with Crippen molar-refractivity contribution in [3.8, 4) is 11.1 Å². The van der Waals surface area contributed by atoms with Crippen LogP contribution < -0.4 is 0 Å². The molecule has 3 aromatic rings. The van der Waals surface area contributed by atoms with Gasteiger partial charge in [-0.2, -0.15) is 0 Å². The van der Waals surface area contributed by atoms with Crippen molar-refractivity contribution in [2.24, 2.45) is 0 Å². The molecule has 1 aromatic heterocycles. The minimum absolute atomic E-state index is 1.07. The van der Waals surface area contributed by atoms with Gasteiger partial charge in [0.05, 0.1) is 5.52 Å². The van der Waals surface area contributed by atoms with E-state index in [1.165, 1.54) is 20.1 Å². The summed E-state index contributed by atoms with van der Waals surface area (Å²) in [5.41, 5.74) is 3.49. The van der Waals surface area contributed by atoms with Gasteiger partial charge in [-0.05, 0) is 46.4 Å². The lowest BCUT2D eigenvalue weighted by atomic mass is 10.0. The molecule has 82 valence electrons. The van der Waals surface area contributed by atoms with Crippen molar-refractivity contribution in [1.29, 1.82) is 0 Å². The van der Waals surface area contributed by atoms with Crippen LogP contribution in [-0.4, -0.2) is 4.98 Å². The van der Waals surface area contributed by atoms with Crippen LogP contribution in [0.5, 0.6) is 0 Å². The van der Waals surface area contributed by atoms with E-state index < -0.39 is 0 Å². The minimum Gasteiger partial charge on any atom is -0.256 e. The average molecular weight is 331 g/mol. The molecule has 1 nitrogen and oxygen atoms in total. The first kappa shape index (κ1) is 10.7. The van der Waals surface area contributed by atoms with Crippen molar-refractivity contribution < 1.29 is 0 Å². The number of hydrogen-bond acceptors (Lipinski definition) is 1. The molecular weight excluding hydrogens is 321 g/mol. The number of aromatic nitrogens is 1. The van der Waals surface area contributed by atoms with Gasteiger partial charge >= 0.3 is 0 Å². The predicted molar refractivity (Wildman–Crippen MR) is 79.9 cm³/mol. The van der Waals surface area contributed by atoms with E-state index in [9.17, 15) is 0 Å². The molecule has 3 rings (SSSR count). The molecule has 2 aromatic carbocycles. The van der Waals surface area contributed by atoms with Gasteiger partial charge in [0.15, 0.2) is 0 Å². The third-order valence-electron chi connectivity index (χ3n) is 2.75. The highest BCUT2D eigenvalue weighted by Gasteiger charge is 2.05. The Bertz CT molecular complexity index is 662. The Hall–Kier alpha value is -1.42. The lowest BCUT2D eigenvalue weighted by Crippen LogP contribution is -1.86. The van der Waals surface area contributed by atoms with Crippen LogP contribution in [0.1, 0.15) is 0 Å². The molecule has 1 heterocycles. The Morgan fingerprint density at radius 3 is 2.53 bits per heavy atom. The zero-order valence-corrected chi connectivity index (χ0v) is 11.3. The summed E-state index contributed by atoms with van der Waals surface area (Å²) in [6.07, 6.45) is 1.85. The Morgan fingerprint density at radius 2 is 1.71 bits per heavy atom. The first-order chi connectivity index (χ1) is 8.34. The van der Waals surface area contributed by atoms with Crippen molar-refractivity contribution in [3.05, 3.63) is 64.4 Å². The molecule has 0 fully saturated rings. The van der Waals surface area contributed by atoms with E-state index in [1.54, 1.807) is 0 Å². The van der Waals surface area contributed by atoms with Crippen molar-refractivity contribution in [2.45, 2.75) is 0 Å². The Labute approximate surface area is 114 Å². The number of benzene rings is 2. The van der Waals surface area contributed by atoms with Crippen LogP contribution in [0.3, 0.4) is 0 Å². The van der Waals surface area contributed by atoms with Gasteiger partial charge in [-0.3, -0.25) is 4.98 Å². The van der Waals surface area contributed by atoms with Crippen LogP contribution in [0.25, 0.3) is 22.0 Å². The monoisotopic (exact) mass is 331 g/mol. The van der Waals surface area contributed by atoms with Crippen LogP contribution in [-0.2, 0) is 0 Å². The molecule has 0 aliphatic carbocycles. The standard InChI is InChI=1S/C15H10IN/c16-13-9-12-7-4-8-17-15(12)14(10-13)11-5-2-1-3-6-11/h1-10H. The van der Waals surface area contributed by atoms with E-state index >= 15 is 0 Å². The maximum Gasteiger partial charge on any atom is 0.0781 e. The summed E-state index contributed by atoms with van der Waals surface area (Å²) in [4.78, 5) is 4.50. The van der Waals surface area contributed by atoms with Gasteiger partial charge < -0.3 is 0 Å². The first-order valence-electron chi connectivity index (χ1n) is 5.44. The summed E-state index contributed by atoms with van der Waals surface area (Å²) >= 11 is 2.35. The summed E-state index contributed by atoms with van der Waals surface area (Å²) in [7, 11) is 0. The number of nitrogens with zero attached hydrogens (tertiary/aromatic N) is 1. The third-order valence-corrected chi connectivity index (χ3v) is 3.38. The molecule has 0 amide bonds. The zero-order chi connectivity index (χ0) is 11.7. The lowest BCUT2D eigenvalue weighted by molar-refractivity contribution is 1.41. The summed E-state index contributed by atoms with van der Waals surface area (Å²) in [6.45, 7) is 0. The molecule has 0 N–H and O–H groups in total. The van der Waals surface area contributed by atoms with E-state index in [2.05, 4.69) is 70.0 Å². The molecule has 2 heteroatoms. The van der Waals surface area contributed by atoms with E-state index in [4.69, 9.17) is 0 Å². The van der Waals surface area contributed by atoms with Crippen LogP contribution in [0.4, 0.5) is 0 Å². The van der Waals surface area contributed by atoms with Gasteiger partial charge in [0, 0.05) is 20.7 Å². The van der Waals surface area contributed by atoms with Crippen molar-refractivity contribution >= 4 is 33.5 Å². The highest BCUT2D eigenvalue weighted by molar-refractivity contribution is 14.1. The van der Waals surface area contributed by atoms with Gasteiger partial charge in [0.25, 0.3) is 0 Å². The highest BCUT2D eigenvalue weighted by atomic mass is 127. The summed E-state index contributed by atoms with van der Waals surface area (Å²) in [5.74, 6) is 0. The minimum atomic E-state index is 1.07. The summed E-state index contributed by atoms with van der Waals surface area (Å²) in [5, 5.41) is 1.19. The maximum atomic E-state index is 4.50. The molecule has 0 unspecified atom stereocenters. The quantitative estimate of drug-likeness (QED) is 0.598. The van der Waals surface area contributed by atoms with Crippen LogP contribution in [0.2, 0.25) is 0 Å². The van der Waals surface area contributed by atoms with Crippen molar-refractivity contribution in [3.63, 3.8) is 0 Å². The summed E-state index contributed by atoms with van der Waals surface area (Å²) in [6, 6.07) is 18.8. The van der Waals surface area contributed by atoms with Gasteiger partial charge in [0.1, 0.15) is 0 Å². The van der Waals surface area contributed by atoms with Crippen LogP contribution in [0, 0.1) is 3.57 Å². The molecule has 0 atom stereocenters. The van der Waals surface area contributed by atoms with Crippen molar-refractivity contribution in [1.82, 2.24) is 4.98 Å². The molecule has 0 bridgehead atoms.